The summed E-state index contributed by atoms with van der Waals surface area (Å²) in [6.07, 6.45) is -39.7. The summed E-state index contributed by atoms with van der Waals surface area (Å²) in [7, 11) is 0.500. The molecule has 3 rings (SSSR count). The van der Waals surface area contributed by atoms with Crippen molar-refractivity contribution in [1.29, 1.82) is 0 Å². The van der Waals surface area contributed by atoms with E-state index in [4.69, 9.17) is 0 Å². The van der Waals surface area contributed by atoms with Gasteiger partial charge in [0.05, 0.1) is 7.18 Å². The van der Waals surface area contributed by atoms with Crippen LogP contribution in [-0.2, 0) is 0 Å². The molecule has 0 aliphatic rings. The third-order valence-corrected chi connectivity index (χ3v) is 7.42. The van der Waals surface area contributed by atoms with Gasteiger partial charge in [-0.3, -0.25) is 4.39 Å². The molecule has 3 aromatic carbocycles. The van der Waals surface area contributed by atoms with Crippen molar-refractivity contribution >= 4 is 36.2 Å². The standard InChI is InChI=1S/C10H6F8S.C10H5F7S.C6H6S.C4F8.CH3F.CH4/c11-8(12,13)7(9(14,15)16)10(17,18)19-6-4-2-1-3-5-6;11-8(18-6-4-2-1-3-5-6)7(9(12,13)14)10(15,16)17;7-6-4-2-1-3-5-6;5-2(6)1(3(7,8)9)4(10,11)12;1-2;/h1-5,7H;1-5H;1-5,7H;;1H3;1H4. The Morgan fingerprint density at radius 1 is 0.458 bits per heavy atom. The molecule has 0 aliphatic carbocycles. The van der Waals surface area contributed by atoms with E-state index in [0.717, 1.165) is 17.0 Å². The lowest BCUT2D eigenvalue weighted by molar-refractivity contribution is -0.319. The minimum atomic E-state index is -6.08. The van der Waals surface area contributed by atoms with E-state index in [0.29, 0.717) is 7.18 Å². The van der Waals surface area contributed by atoms with Crippen LogP contribution in [0.1, 0.15) is 7.43 Å². The summed E-state index contributed by atoms with van der Waals surface area (Å²) in [6, 6.07) is 22.3. The van der Waals surface area contributed by atoms with Crippen molar-refractivity contribution in [3.05, 3.63) is 113 Å². The predicted octanol–water partition coefficient (Wildman–Crippen LogP) is 16.7. The minimum Gasteiger partial charge on any atom is -0.255 e. The van der Waals surface area contributed by atoms with Crippen LogP contribution in [0.2, 0.25) is 0 Å². The van der Waals surface area contributed by atoms with E-state index in [9.17, 15) is 105 Å². The number of allylic oxidation sites excluding steroid dienone is 2. The lowest BCUT2D eigenvalue weighted by Gasteiger charge is -2.29. The average Bonchev–Trinajstić information content (AvgIpc) is 2.99. The van der Waals surface area contributed by atoms with Gasteiger partial charge in [0, 0.05) is 14.7 Å². The van der Waals surface area contributed by atoms with Crippen LogP contribution in [0.15, 0.2) is 128 Å². The van der Waals surface area contributed by atoms with Crippen LogP contribution in [0, 0.1) is 5.92 Å². The number of thioether (sulfide) groups is 2. The van der Waals surface area contributed by atoms with E-state index < -0.39 is 82.4 Å². The van der Waals surface area contributed by atoms with Crippen molar-refractivity contribution < 1.29 is 105 Å². The topological polar surface area (TPSA) is 0 Å². The van der Waals surface area contributed by atoms with Gasteiger partial charge in [-0.2, -0.15) is 101 Å². The van der Waals surface area contributed by atoms with Crippen molar-refractivity contribution in [3.63, 3.8) is 0 Å². The first-order chi connectivity index (χ1) is 26.0. The molecule has 0 unspecified atom stereocenters. The van der Waals surface area contributed by atoms with Crippen molar-refractivity contribution in [2.45, 2.75) is 64.4 Å². The molecule has 0 saturated carbocycles. The Balaban J connectivity index is -0.000000728. The van der Waals surface area contributed by atoms with E-state index in [-0.39, 0.29) is 29.0 Å². The molecular weight excluding hydrogens is 937 g/mol. The molecular formula is C32H24F24S3. The molecule has 0 bridgehead atoms. The van der Waals surface area contributed by atoms with Gasteiger partial charge in [-0.05, 0) is 36.4 Å². The second-order valence-electron chi connectivity index (χ2n) is 9.52. The number of hydrogen-bond acceptors (Lipinski definition) is 3. The molecule has 0 heterocycles. The predicted molar refractivity (Wildman–Crippen MR) is 174 cm³/mol. The molecule has 0 amide bonds. The van der Waals surface area contributed by atoms with Crippen LogP contribution >= 0.6 is 36.2 Å². The normalized spacial score (nSPS) is 12.1. The third kappa shape index (κ3) is 23.8. The Bertz CT molecular complexity index is 1610. The first kappa shape index (κ1) is 59.8. The van der Waals surface area contributed by atoms with Gasteiger partial charge < -0.3 is 0 Å². The van der Waals surface area contributed by atoms with Crippen molar-refractivity contribution in [2.24, 2.45) is 5.92 Å². The number of hydrogen-bond donors (Lipinski definition) is 1. The van der Waals surface area contributed by atoms with Crippen LogP contribution in [0.5, 0.6) is 0 Å². The van der Waals surface area contributed by atoms with Gasteiger partial charge in [0.1, 0.15) is 0 Å². The number of thiol groups is 1. The van der Waals surface area contributed by atoms with Crippen LogP contribution < -0.4 is 0 Å². The number of halogens is 24. The molecule has 0 atom stereocenters. The second-order valence-corrected chi connectivity index (χ2v) is 12.3. The monoisotopic (exact) mass is 960 g/mol. The Labute approximate surface area is 332 Å². The Morgan fingerprint density at radius 3 is 0.966 bits per heavy atom. The summed E-state index contributed by atoms with van der Waals surface area (Å²) in [5.41, 5.74) is -6.88. The van der Waals surface area contributed by atoms with Gasteiger partial charge in [-0.25, -0.2) is 0 Å². The zero-order valence-corrected chi connectivity index (χ0v) is 30.1. The molecule has 27 heteroatoms. The molecule has 0 saturated heterocycles. The second kappa shape index (κ2) is 24.7. The molecule has 0 aromatic heterocycles. The maximum absolute atomic E-state index is 13.3. The summed E-state index contributed by atoms with van der Waals surface area (Å²) < 4.78 is 285. The van der Waals surface area contributed by atoms with Gasteiger partial charge in [0.2, 0.25) is 11.5 Å². The Hall–Kier alpha value is -3.49. The zero-order chi connectivity index (χ0) is 46.1. The van der Waals surface area contributed by atoms with Crippen molar-refractivity contribution in [2.75, 3.05) is 7.18 Å². The maximum Gasteiger partial charge on any atom is 0.426 e. The quantitative estimate of drug-likeness (QED) is 0.154. The molecule has 0 nitrogen and oxygen atoms in total. The highest BCUT2D eigenvalue weighted by atomic mass is 32.2. The molecule has 338 valence electrons. The minimum absolute atomic E-state index is 0. The summed E-state index contributed by atoms with van der Waals surface area (Å²) in [5, 5.41) is -7.36. The van der Waals surface area contributed by atoms with Crippen molar-refractivity contribution in [1.82, 2.24) is 0 Å². The van der Waals surface area contributed by atoms with Crippen LogP contribution in [0.4, 0.5) is 105 Å². The lowest BCUT2D eigenvalue weighted by atomic mass is 10.1. The highest BCUT2D eigenvalue weighted by Crippen LogP contribution is 2.54. The van der Waals surface area contributed by atoms with E-state index in [2.05, 4.69) is 12.6 Å². The zero-order valence-electron chi connectivity index (χ0n) is 27.6. The maximum atomic E-state index is 13.3. The lowest BCUT2D eigenvalue weighted by Crippen LogP contribution is -2.47. The SMILES string of the molecule is C.CF.FC(F)(F)C(C(F)(F)F)C(F)(F)Sc1ccccc1.FC(F)=C(C(F)(F)F)C(F)(F)F.FC(Sc1ccccc1)=C(C(F)(F)F)C(F)(F)F.Sc1ccccc1. The Kier molecular flexibility index (Phi) is 25.0. The molecule has 0 fully saturated rings. The van der Waals surface area contributed by atoms with Gasteiger partial charge in [-0.1, -0.05) is 85.5 Å². The van der Waals surface area contributed by atoms with Gasteiger partial charge in [0.25, 0.3) is 6.08 Å². The number of alkyl halides is 21. The summed E-state index contributed by atoms with van der Waals surface area (Å²) >= 11 is 3.10. The fourth-order valence-electron chi connectivity index (χ4n) is 3.10. The fraction of sp³-hybridized carbons (Fsp3) is 0.312. The molecule has 0 N–H and O–H groups in total. The highest BCUT2D eigenvalue weighted by molar-refractivity contribution is 8.03. The van der Waals surface area contributed by atoms with Crippen molar-refractivity contribution in [3.8, 4) is 0 Å². The largest absolute Gasteiger partial charge is 0.426 e. The van der Waals surface area contributed by atoms with E-state index >= 15 is 0 Å². The third-order valence-electron chi connectivity index (χ3n) is 5.21. The first-order valence-corrected chi connectivity index (χ1v) is 15.9. The number of benzene rings is 3. The summed E-state index contributed by atoms with van der Waals surface area (Å²) in [4.78, 5) is 0.578. The fourth-order valence-corrected chi connectivity index (χ4v) is 5.10. The van der Waals surface area contributed by atoms with Gasteiger partial charge in [0.15, 0.2) is 10.7 Å². The van der Waals surface area contributed by atoms with E-state index in [1.165, 1.54) is 48.5 Å². The average molecular weight is 961 g/mol. The van der Waals surface area contributed by atoms with Gasteiger partial charge >= 0.3 is 42.3 Å². The molecule has 3 aromatic rings. The van der Waals surface area contributed by atoms with Crippen LogP contribution in [-0.4, -0.2) is 49.5 Å². The number of rotatable bonds is 5. The van der Waals surface area contributed by atoms with E-state index in [1.54, 1.807) is 0 Å². The molecule has 0 aliphatic heterocycles. The van der Waals surface area contributed by atoms with Crippen LogP contribution in [0.3, 0.4) is 0 Å². The molecule has 59 heavy (non-hydrogen) atoms. The summed E-state index contributed by atoms with van der Waals surface area (Å²) in [6.45, 7) is 0. The smallest absolute Gasteiger partial charge is 0.255 e. The molecule has 0 spiro atoms. The first-order valence-electron chi connectivity index (χ1n) is 13.9. The Morgan fingerprint density at radius 2 is 0.746 bits per heavy atom. The summed E-state index contributed by atoms with van der Waals surface area (Å²) in [5.74, 6) is -4.71. The van der Waals surface area contributed by atoms with E-state index in [1.807, 2.05) is 30.3 Å². The van der Waals surface area contributed by atoms with Gasteiger partial charge in [-0.15, -0.1) is 12.6 Å². The molecule has 0 radical (unpaired) electrons. The van der Waals surface area contributed by atoms with Crippen LogP contribution in [0.25, 0.3) is 0 Å². The highest BCUT2D eigenvalue weighted by Gasteiger charge is 2.69.